The first kappa shape index (κ1) is 15.7. The van der Waals surface area contributed by atoms with Gasteiger partial charge in [0.2, 0.25) is 0 Å². The van der Waals surface area contributed by atoms with Crippen molar-refractivity contribution in [3.8, 4) is 0 Å². The van der Waals surface area contributed by atoms with Gasteiger partial charge in [0.05, 0.1) is 17.1 Å². The number of nitrogens with zero attached hydrogens (tertiary/aromatic N) is 2. The van der Waals surface area contributed by atoms with Gasteiger partial charge in [0.1, 0.15) is 11.5 Å². The van der Waals surface area contributed by atoms with Gasteiger partial charge in [0, 0.05) is 24.2 Å². The molecule has 2 aromatic rings. The Bertz CT molecular complexity index is 690. The lowest BCUT2D eigenvalue weighted by molar-refractivity contribution is -0.143. The molecule has 4 nitrogen and oxygen atoms in total. The molecule has 0 amide bonds. The lowest BCUT2D eigenvalue weighted by Crippen LogP contribution is -2.32. The summed E-state index contributed by atoms with van der Waals surface area (Å²) < 4.78 is 4.93. The molecule has 0 N–H and O–H groups in total. The number of likely N-dealkylation sites (N-methyl/N-ethyl adjacent to an activating group) is 1. The predicted molar refractivity (Wildman–Crippen MR) is 87.7 cm³/mol. The molecular formula is C15H15ClN2O2S. The Morgan fingerprint density at radius 2 is 2.19 bits per heavy atom. The minimum absolute atomic E-state index is 0.108. The second-order valence-corrected chi connectivity index (χ2v) is 5.25. The molecule has 110 valence electrons. The fourth-order valence-electron chi connectivity index (χ4n) is 2.00. The van der Waals surface area contributed by atoms with Crippen molar-refractivity contribution in [3.63, 3.8) is 0 Å². The number of halogens is 1. The Labute approximate surface area is 133 Å². The van der Waals surface area contributed by atoms with E-state index < -0.39 is 0 Å². The number of ether oxygens (including phenoxy) is 1. The van der Waals surface area contributed by atoms with E-state index in [2.05, 4.69) is 4.98 Å². The van der Waals surface area contributed by atoms with E-state index in [0.29, 0.717) is 22.1 Å². The number of hydrogen-bond acceptors (Lipinski definition) is 4. The topological polar surface area (TPSA) is 42.4 Å². The molecule has 0 saturated heterocycles. The van der Waals surface area contributed by atoms with Crippen molar-refractivity contribution in [3.05, 3.63) is 41.0 Å². The molecule has 21 heavy (non-hydrogen) atoms. The molecule has 1 heterocycles. The molecule has 0 aliphatic rings. The van der Waals surface area contributed by atoms with Gasteiger partial charge < -0.3 is 9.64 Å². The van der Waals surface area contributed by atoms with Crippen LogP contribution in [-0.2, 0) is 9.53 Å². The van der Waals surface area contributed by atoms with E-state index in [-0.39, 0.29) is 12.5 Å². The summed E-state index contributed by atoms with van der Waals surface area (Å²) in [4.78, 5) is 18.1. The third-order valence-corrected chi connectivity index (χ3v) is 3.81. The third kappa shape index (κ3) is 3.49. The van der Waals surface area contributed by atoms with E-state index in [1.807, 2.05) is 18.2 Å². The zero-order valence-electron chi connectivity index (χ0n) is 11.8. The molecule has 0 atom stereocenters. The maximum atomic E-state index is 11.5. The fourth-order valence-corrected chi connectivity index (χ4v) is 2.46. The minimum Gasteiger partial charge on any atom is -0.465 e. The number of carbonyl (C=O) groups is 1. The van der Waals surface area contributed by atoms with Gasteiger partial charge in [-0.25, -0.2) is 0 Å². The zero-order chi connectivity index (χ0) is 15.4. The van der Waals surface area contributed by atoms with Crippen LogP contribution in [0.1, 0.15) is 12.5 Å². The van der Waals surface area contributed by atoms with E-state index in [1.54, 1.807) is 31.1 Å². The summed E-state index contributed by atoms with van der Waals surface area (Å²) in [6.45, 7) is 2.23. The van der Waals surface area contributed by atoms with Crippen LogP contribution in [0.5, 0.6) is 0 Å². The largest absolute Gasteiger partial charge is 0.465 e. The Kier molecular flexibility index (Phi) is 5.09. The van der Waals surface area contributed by atoms with Crippen molar-refractivity contribution in [2.75, 3.05) is 20.2 Å². The number of esters is 1. The first-order chi connectivity index (χ1) is 10.0. The number of carbonyl (C=O) groups excluding carboxylic acids is 1. The minimum atomic E-state index is -0.307. The van der Waals surface area contributed by atoms with Gasteiger partial charge in [0.15, 0.2) is 0 Å². The molecule has 0 radical (unpaired) electrons. The summed E-state index contributed by atoms with van der Waals surface area (Å²) >= 11 is 11.6. The van der Waals surface area contributed by atoms with Crippen LogP contribution in [0.25, 0.3) is 10.9 Å². The zero-order valence-corrected chi connectivity index (χ0v) is 13.4. The molecule has 2 rings (SSSR count). The summed E-state index contributed by atoms with van der Waals surface area (Å²) in [6, 6.07) is 7.34. The van der Waals surface area contributed by atoms with Gasteiger partial charge in [-0.3, -0.25) is 9.78 Å². The predicted octanol–water partition coefficient (Wildman–Crippen LogP) is 3.06. The number of thiocarbonyl (C=S) groups is 1. The van der Waals surface area contributed by atoms with Gasteiger partial charge in [0.25, 0.3) is 0 Å². The van der Waals surface area contributed by atoms with Crippen LogP contribution in [0.2, 0.25) is 5.02 Å². The molecule has 0 unspecified atom stereocenters. The Morgan fingerprint density at radius 1 is 1.43 bits per heavy atom. The summed E-state index contributed by atoms with van der Waals surface area (Å²) in [6.07, 6.45) is 1.68. The summed E-state index contributed by atoms with van der Waals surface area (Å²) in [5, 5.41) is 1.44. The summed E-state index contributed by atoms with van der Waals surface area (Å²) in [5.41, 5.74) is 1.52. The molecule has 0 spiro atoms. The van der Waals surface area contributed by atoms with Crippen LogP contribution in [0, 0.1) is 0 Å². The highest BCUT2D eigenvalue weighted by molar-refractivity contribution is 7.80. The quantitative estimate of drug-likeness (QED) is 0.639. The molecule has 0 aliphatic carbocycles. The Morgan fingerprint density at radius 3 is 2.90 bits per heavy atom. The molecule has 0 saturated carbocycles. The second-order valence-electron chi connectivity index (χ2n) is 4.46. The van der Waals surface area contributed by atoms with E-state index >= 15 is 0 Å². The molecule has 1 aromatic heterocycles. The molecular weight excluding hydrogens is 308 g/mol. The monoisotopic (exact) mass is 322 g/mol. The highest BCUT2D eigenvalue weighted by atomic mass is 35.5. The van der Waals surface area contributed by atoms with Crippen molar-refractivity contribution in [2.45, 2.75) is 6.92 Å². The number of hydrogen-bond donors (Lipinski definition) is 0. The first-order valence-corrected chi connectivity index (χ1v) is 7.27. The normalized spacial score (nSPS) is 10.4. The molecule has 6 heteroatoms. The smallest absolute Gasteiger partial charge is 0.325 e. The summed E-state index contributed by atoms with van der Waals surface area (Å²) in [5.74, 6) is -0.307. The number of benzene rings is 1. The van der Waals surface area contributed by atoms with Crippen LogP contribution < -0.4 is 0 Å². The van der Waals surface area contributed by atoms with E-state index in [9.17, 15) is 4.79 Å². The first-order valence-electron chi connectivity index (χ1n) is 6.49. The number of fused-ring (bicyclic) bond motifs is 1. The number of pyridine rings is 1. The van der Waals surface area contributed by atoms with Crippen LogP contribution in [-0.4, -0.2) is 41.0 Å². The van der Waals surface area contributed by atoms with E-state index in [0.717, 1.165) is 10.9 Å². The van der Waals surface area contributed by atoms with Gasteiger partial charge >= 0.3 is 5.97 Å². The fraction of sp³-hybridized carbons (Fsp3) is 0.267. The average molecular weight is 323 g/mol. The number of aromatic nitrogens is 1. The van der Waals surface area contributed by atoms with Crippen LogP contribution in [0.3, 0.4) is 0 Å². The molecule has 0 aliphatic heterocycles. The Balaban J connectivity index is 2.31. The Hall–Kier alpha value is -1.72. The van der Waals surface area contributed by atoms with Crippen molar-refractivity contribution < 1.29 is 9.53 Å². The summed E-state index contributed by atoms with van der Waals surface area (Å²) in [7, 11) is 1.76. The van der Waals surface area contributed by atoms with Crippen LogP contribution in [0.15, 0.2) is 30.5 Å². The standard InChI is InChI=1S/C15H15ClN2O2S/c1-3-20-13(19)9-18(2)15(21)11-6-7-12(16)14-10(11)5-4-8-17-14/h4-8H,3,9H2,1-2H3. The van der Waals surface area contributed by atoms with E-state index in [1.165, 1.54) is 0 Å². The molecule has 0 fully saturated rings. The SMILES string of the molecule is CCOC(=O)CN(C)C(=S)c1ccc(Cl)c2ncccc12. The average Bonchev–Trinajstić information content (AvgIpc) is 2.47. The van der Waals surface area contributed by atoms with Gasteiger partial charge in [-0.1, -0.05) is 29.9 Å². The maximum absolute atomic E-state index is 11.5. The lowest BCUT2D eigenvalue weighted by Gasteiger charge is -2.20. The van der Waals surface area contributed by atoms with Crippen molar-refractivity contribution in [2.24, 2.45) is 0 Å². The maximum Gasteiger partial charge on any atom is 0.325 e. The van der Waals surface area contributed by atoms with Gasteiger partial charge in [-0.15, -0.1) is 0 Å². The van der Waals surface area contributed by atoms with E-state index in [4.69, 9.17) is 28.6 Å². The highest BCUT2D eigenvalue weighted by Crippen LogP contribution is 2.25. The van der Waals surface area contributed by atoms with Crippen LogP contribution >= 0.6 is 23.8 Å². The molecule has 1 aromatic carbocycles. The van der Waals surface area contributed by atoms with Gasteiger partial charge in [-0.2, -0.15) is 0 Å². The lowest BCUT2D eigenvalue weighted by atomic mass is 10.1. The third-order valence-electron chi connectivity index (χ3n) is 2.97. The van der Waals surface area contributed by atoms with Crippen LogP contribution in [0.4, 0.5) is 0 Å². The van der Waals surface area contributed by atoms with Crippen molar-refractivity contribution in [1.82, 2.24) is 9.88 Å². The van der Waals surface area contributed by atoms with Crippen molar-refractivity contribution in [1.29, 1.82) is 0 Å². The van der Waals surface area contributed by atoms with Gasteiger partial charge in [-0.05, 0) is 25.1 Å². The number of rotatable bonds is 4. The molecule has 0 bridgehead atoms. The van der Waals surface area contributed by atoms with Crippen molar-refractivity contribution >= 4 is 45.7 Å². The highest BCUT2D eigenvalue weighted by Gasteiger charge is 2.15. The second kappa shape index (κ2) is 6.83.